The molecule has 0 aliphatic carbocycles. The highest BCUT2D eigenvalue weighted by Gasteiger charge is 2.52. The van der Waals surface area contributed by atoms with Gasteiger partial charge in [-0.05, 0) is 65.6 Å². The van der Waals surface area contributed by atoms with Crippen LogP contribution >= 0.6 is 0 Å². The number of alkyl carbamates (subject to hydrolysis) is 1. The van der Waals surface area contributed by atoms with Crippen LogP contribution in [0.4, 0.5) is 18.0 Å². The lowest BCUT2D eigenvalue weighted by atomic mass is 9.76. The van der Waals surface area contributed by atoms with Crippen molar-refractivity contribution in [2.45, 2.75) is 71.4 Å². The van der Waals surface area contributed by atoms with Crippen LogP contribution in [0, 0.1) is 0 Å². The van der Waals surface area contributed by atoms with Crippen molar-refractivity contribution >= 4 is 25.6 Å². The van der Waals surface area contributed by atoms with Gasteiger partial charge in [0.15, 0.2) is 0 Å². The third-order valence-corrected chi connectivity index (χ3v) is 5.25. The Kier molecular flexibility index (Phi) is 7.21. The number of amides is 1. The van der Waals surface area contributed by atoms with E-state index in [4.69, 9.17) is 14.0 Å². The summed E-state index contributed by atoms with van der Waals surface area (Å²) in [6.07, 6.45) is -3.81. The lowest BCUT2D eigenvalue weighted by Crippen LogP contribution is -2.41. The molecule has 1 aromatic rings. The first kappa shape index (κ1) is 25.9. The number of benzene rings is 1. The molecule has 0 radical (unpaired) electrons. The Hall–Kier alpha value is -2.33. The Morgan fingerprint density at radius 2 is 1.69 bits per heavy atom. The van der Waals surface area contributed by atoms with Crippen LogP contribution in [-0.4, -0.2) is 42.8 Å². The van der Waals surface area contributed by atoms with Gasteiger partial charge >= 0.3 is 19.4 Å². The Balaban J connectivity index is 2.46. The molecule has 1 aliphatic rings. The van der Waals surface area contributed by atoms with E-state index in [0.717, 1.165) is 6.07 Å². The van der Waals surface area contributed by atoms with Crippen molar-refractivity contribution in [2.75, 3.05) is 6.54 Å². The molecule has 0 bridgehead atoms. The smallest absolute Gasteiger partial charge is 0.444 e. The van der Waals surface area contributed by atoms with Crippen molar-refractivity contribution in [3.8, 4) is 0 Å². The van der Waals surface area contributed by atoms with E-state index in [9.17, 15) is 22.8 Å². The maximum absolute atomic E-state index is 13.6. The maximum Gasteiger partial charge on any atom is 0.492 e. The fraction of sp³-hybridized carbons (Fsp3) is 0.545. The minimum Gasteiger partial charge on any atom is -0.444 e. The molecule has 6 nitrogen and oxygen atoms in total. The third-order valence-electron chi connectivity index (χ3n) is 5.25. The van der Waals surface area contributed by atoms with Gasteiger partial charge in [-0.3, -0.25) is 4.79 Å². The molecule has 1 saturated heterocycles. The highest BCUT2D eigenvalue weighted by molar-refractivity contribution is 6.56. The van der Waals surface area contributed by atoms with E-state index in [1.165, 1.54) is 18.2 Å². The minimum absolute atomic E-state index is 0.0986. The molecule has 0 unspecified atom stereocenters. The summed E-state index contributed by atoms with van der Waals surface area (Å²) in [7, 11) is -0.998. The normalized spacial score (nSPS) is 18.4. The van der Waals surface area contributed by atoms with Gasteiger partial charge in [0.05, 0.1) is 16.8 Å². The van der Waals surface area contributed by atoms with Crippen molar-refractivity contribution in [3.05, 3.63) is 40.4 Å². The second-order valence-electron chi connectivity index (χ2n) is 9.63. The highest BCUT2D eigenvalue weighted by atomic mass is 19.4. The molecule has 1 aliphatic heterocycles. The number of ether oxygens (including phenoxy) is 1. The van der Waals surface area contributed by atoms with Crippen LogP contribution in [0.25, 0.3) is 6.08 Å². The molecule has 1 fully saturated rings. The summed E-state index contributed by atoms with van der Waals surface area (Å²) in [5.74, 6) is 0. The van der Waals surface area contributed by atoms with E-state index >= 15 is 0 Å². The minimum atomic E-state index is -4.69. The average molecular weight is 455 g/mol. The van der Waals surface area contributed by atoms with E-state index in [2.05, 4.69) is 5.32 Å². The topological polar surface area (TPSA) is 73.9 Å². The summed E-state index contributed by atoms with van der Waals surface area (Å²) >= 11 is 0. The van der Waals surface area contributed by atoms with Crippen LogP contribution in [0.1, 0.15) is 70.0 Å². The standard InChI is InChI=1S/C22H29BF3NO5/c1-19(2,3)30-18(29)27-12-16(23-31-20(4,5)21(6,7)32-23)11-15-9-8-14(13-28)10-17(15)22(24,25)26/h8-11,13H,12H2,1-7H3,(H,27,29). The predicted molar refractivity (Wildman–Crippen MR) is 115 cm³/mol. The van der Waals surface area contributed by atoms with Crippen LogP contribution in [-0.2, 0) is 20.2 Å². The first-order valence-corrected chi connectivity index (χ1v) is 10.1. The largest absolute Gasteiger partial charge is 0.492 e. The summed E-state index contributed by atoms with van der Waals surface area (Å²) in [4.78, 5) is 23.1. The highest BCUT2D eigenvalue weighted by Crippen LogP contribution is 2.39. The Bertz CT molecular complexity index is 888. The third kappa shape index (κ3) is 6.35. The molecule has 1 heterocycles. The van der Waals surface area contributed by atoms with E-state index in [1.54, 1.807) is 20.8 Å². The van der Waals surface area contributed by atoms with Crippen molar-refractivity contribution < 1.29 is 36.8 Å². The van der Waals surface area contributed by atoms with Crippen molar-refractivity contribution in [2.24, 2.45) is 0 Å². The summed E-state index contributed by atoms with van der Waals surface area (Å²) in [6, 6.07) is 3.27. The van der Waals surface area contributed by atoms with E-state index < -0.39 is 41.8 Å². The first-order valence-electron chi connectivity index (χ1n) is 10.1. The predicted octanol–water partition coefficient (Wildman–Crippen LogP) is 5.06. The lowest BCUT2D eigenvalue weighted by Gasteiger charge is -2.32. The molecule has 32 heavy (non-hydrogen) atoms. The molecule has 2 rings (SSSR count). The van der Waals surface area contributed by atoms with Gasteiger partial charge in [0.1, 0.15) is 11.9 Å². The zero-order chi connectivity index (χ0) is 24.5. The second-order valence-corrected chi connectivity index (χ2v) is 9.63. The van der Waals surface area contributed by atoms with Gasteiger partial charge in [-0.1, -0.05) is 18.2 Å². The number of rotatable bonds is 5. The molecule has 176 valence electrons. The van der Waals surface area contributed by atoms with Crippen LogP contribution in [0.15, 0.2) is 23.7 Å². The fourth-order valence-corrected chi connectivity index (χ4v) is 2.90. The molecule has 1 N–H and O–H groups in total. The number of nitrogens with one attached hydrogen (secondary N) is 1. The molecular formula is C22H29BF3NO5. The summed E-state index contributed by atoms with van der Waals surface area (Å²) < 4.78 is 58.1. The van der Waals surface area contributed by atoms with Gasteiger partial charge in [-0.25, -0.2) is 4.79 Å². The van der Waals surface area contributed by atoms with Gasteiger partial charge in [0.2, 0.25) is 0 Å². The number of carbonyl (C=O) groups is 2. The van der Waals surface area contributed by atoms with Gasteiger partial charge in [0, 0.05) is 12.1 Å². The molecular weight excluding hydrogens is 426 g/mol. The van der Waals surface area contributed by atoms with Crippen LogP contribution in [0.3, 0.4) is 0 Å². The number of hydrogen-bond donors (Lipinski definition) is 1. The molecule has 0 aromatic heterocycles. The van der Waals surface area contributed by atoms with Crippen LogP contribution in [0.2, 0.25) is 0 Å². The van der Waals surface area contributed by atoms with Gasteiger partial charge < -0.3 is 19.4 Å². The van der Waals surface area contributed by atoms with Crippen LogP contribution < -0.4 is 5.32 Å². The summed E-state index contributed by atoms with van der Waals surface area (Å²) in [5, 5.41) is 2.55. The average Bonchev–Trinajstić information content (AvgIpc) is 2.83. The summed E-state index contributed by atoms with van der Waals surface area (Å²) in [5.41, 5.74) is -3.22. The van der Waals surface area contributed by atoms with Gasteiger partial charge in [-0.2, -0.15) is 13.2 Å². The molecule has 0 spiro atoms. The first-order chi connectivity index (χ1) is 14.4. The van der Waals surface area contributed by atoms with Crippen molar-refractivity contribution in [1.82, 2.24) is 5.32 Å². The van der Waals surface area contributed by atoms with E-state index in [-0.39, 0.29) is 23.1 Å². The Morgan fingerprint density at radius 3 is 2.16 bits per heavy atom. The van der Waals surface area contributed by atoms with E-state index in [0.29, 0.717) is 6.29 Å². The maximum atomic E-state index is 13.6. The summed E-state index contributed by atoms with van der Waals surface area (Å²) in [6.45, 7) is 12.2. The Morgan fingerprint density at radius 1 is 1.12 bits per heavy atom. The molecule has 0 atom stereocenters. The SMILES string of the molecule is CC(C)(C)OC(=O)NCC(=Cc1ccc(C=O)cc1C(F)(F)F)B1OC(C)(C)C(C)(C)O1. The fourth-order valence-electron chi connectivity index (χ4n) is 2.90. The lowest BCUT2D eigenvalue weighted by molar-refractivity contribution is -0.137. The number of aldehydes is 1. The Labute approximate surface area is 186 Å². The number of carbonyl (C=O) groups excluding carboxylic acids is 2. The molecule has 1 amide bonds. The van der Waals surface area contributed by atoms with Gasteiger partial charge in [-0.15, -0.1) is 0 Å². The number of hydrogen-bond acceptors (Lipinski definition) is 5. The molecule has 0 saturated carbocycles. The molecule has 1 aromatic carbocycles. The second kappa shape index (κ2) is 8.90. The molecule has 10 heteroatoms. The quantitative estimate of drug-likeness (QED) is 0.497. The van der Waals surface area contributed by atoms with E-state index in [1.807, 2.05) is 27.7 Å². The van der Waals surface area contributed by atoms with Crippen LogP contribution in [0.5, 0.6) is 0 Å². The number of halogens is 3. The number of alkyl halides is 3. The van der Waals surface area contributed by atoms with Crippen molar-refractivity contribution in [1.29, 1.82) is 0 Å². The monoisotopic (exact) mass is 455 g/mol. The van der Waals surface area contributed by atoms with Gasteiger partial charge in [0.25, 0.3) is 0 Å². The zero-order valence-corrected chi connectivity index (χ0v) is 19.3. The van der Waals surface area contributed by atoms with Crippen molar-refractivity contribution in [3.63, 3.8) is 0 Å². The zero-order valence-electron chi connectivity index (χ0n) is 19.3.